The van der Waals surface area contributed by atoms with Crippen LogP contribution in [0, 0.1) is 0 Å². The number of esters is 1. The number of rotatable bonds is 11. The maximum absolute atomic E-state index is 14.0. The molecule has 3 aromatic carbocycles. The highest BCUT2D eigenvalue weighted by Gasteiger charge is 2.31. The van der Waals surface area contributed by atoms with Crippen molar-refractivity contribution < 1.29 is 41.7 Å². The summed E-state index contributed by atoms with van der Waals surface area (Å²) in [6, 6.07) is 12.8. The minimum Gasteiger partial charge on any atom is -0.497 e. The molecular formula is C26H27ClN2O9S. The fourth-order valence-electron chi connectivity index (χ4n) is 3.60. The predicted molar refractivity (Wildman–Crippen MR) is 145 cm³/mol. The number of anilines is 2. The molecule has 0 saturated heterocycles. The van der Waals surface area contributed by atoms with Crippen LogP contribution in [0.4, 0.5) is 11.4 Å². The number of hydrogen-bond acceptors (Lipinski definition) is 9. The van der Waals surface area contributed by atoms with Gasteiger partial charge >= 0.3 is 5.97 Å². The number of halogens is 1. The van der Waals surface area contributed by atoms with Crippen LogP contribution >= 0.6 is 11.6 Å². The first-order valence-corrected chi connectivity index (χ1v) is 13.1. The fourth-order valence-corrected chi connectivity index (χ4v) is 5.23. The van der Waals surface area contributed by atoms with Gasteiger partial charge in [-0.25, -0.2) is 13.2 Å². The molecule has 1 amide bonds. The Balaban J connectivity index is 2.08. The fraction of sp³-hybridized carbons (Fsp3) is 0.231. The van der Waals surface area contributed by atoms with Gasteiger partial charge < -0.3 is 29.0 Å². The largest absolute Gasteiger partial charge is 0.497 e. The average molecular weight is 579 g/mol. The minimum atomic E-state index is -4.38. The Kier molecular flexibility index (Phi) is 9.49. The third-order valence-electron chi connectivity index (χ3n) is 5.54. The summed E-state index contributed by atoms with van der Waals surface area (Å²) in [7, 11) is 2.40. The van der Waals surface area contributed by atoms with Crippen molar-refractivity contribution in [3.05, 3.63) is 65.2 Å². The summed E-state index contributed by atoms with van der Waals surface area (Å²) in [4.78, 5) is 25.0. The molecule has 39 heavy (non-hydrogen) atoms. The number of nitrogens with zero attached hydrogens (tertiary/aromatic N) is 1. The number of benzene rings is 3. The molecule has 0 aliphatic rings. The van der Waals surface area contributed by atoms with Gasteiger partial charge in [-0.1, -0.05) is 11.6 Å². The molecule has 0 aliphatic carbocycles. The first kappa shape index (κ1) is 29.4. The quantitative estimate of drug-likeness (QED) is 0.336. The lowest BCUT2D eigenvalue weighted by Gasteiger charge is -2.26. The summed E-state index contributed by atoms with van der Waals surface area (Å²) in [6.45, 7) is -0.670. The molecule has 0 fully saturated rings. The van der Waals surface area contributed by atoms with E-state index in [9.17, 15) is 18.0 Å². The zero-order valence-corrected chi connectivity index (χ0v) is 23.4. The molecule has 0 spiro atoms. The summed E-state index contributed by atoms with van der Waals surface area (Å²) in [6.07, 6.45) is 0. The van der Waals surface area contributed by atoms with Gasteiger partial charge in [-0.15, -0.1) is 0 Å². The van der Waals surface area contributed by atoms with Crippen molar-refractivity contribution in [2.24, 2.45) is 0 Å². The van der Waals surface area contributed by atoms with Crippen molar-refractivity contribution in [3.8, 4) is 23.0 Å². The molecule has 0 aromatic heterocycles. The van der Waals surface area contributed by atoms with Crippen LogP contribution in [0.25, 0.3) is 0 Å². The topological polar surface area (TPSA) is 130 Å². The second kappa shape index (κ2) is 12.6. The van der Waals surface area contributed by atoms with E-state index in [2.05, 4.69) is 5.32 Å². The highest BCUT2D eigenvalue weighted by atomic mass is 35.5. The third kappa shape index (κ3) is 6.47. The van der Waals surface area contributed by atoms with Gasteiger partial charge in [-0.05, 0) is 42.5 Å². The van der Waals surface area contributed by atoms with E-state index in [1.807, 2.05) is 0 Å². The van der Waals surface area contributed by atoms with Crippen LogP contribution in [0.15, 0.2) is 59.5 Å². The lowest BCUT2D eigenvalue weighted by Crippen LogP contribution is -2.38. The van der Waals surface area contributed by atoms with Crippen molar-refractivity contribution in [2.75, 3.05) is 51.7 Å². The molecular weight excluding hydrogens is 552 g/mol. The normalized spacial score (nSPS) is 10.8. The highest BCUT2D eigenvalue weighted by Crippen LogP contribution is 2.37. The molecule has 13 heteroatoms. The van der Waals surface area contributed by atoms with Crippen molar-refractivity contribution in [2.45, 2.75) is 4.90 Å². The van der Waals surface area contributed by atoms with Crippen LogP contribution < -0.4 is 28.6 Å². The van der Waals surface area contributed by atoms with Crippen LogP contribution in [-0.2, 0) is 19.6 Å². The first-order valence-electron chi connectivity index (χ1n) is 11.2. The number of nitrogens with one attached hydrogen (secondary N) is 1. The molecule has 0 aliphatic heterocycles. The average Bonchev–Trinajstić information content (AvgIpc) is 2.95. The van der Waals surface area contributed by atoms with Crippen molar-refractivity contribution >= 4 is 44.9 Å². The summed E-state index contributed by atoms with van der Waals surface area (Å²) >= 11 is 6.06. The number of ether oxygens (including phenoxy) is 5. The standard InChI is InChI=1S/C26H27ClN2O9S/c1-34-17-7-10-22(35-2)21(13-17)29(39(32,33)18-8-11-23(36-3)24(14-18)37-4)15-25(30)28-16-6-9-20(27)19(12-16)26(31)38-5/h6-14H,15H2,1-5H3,(H,28,30). The van der Waals surface area contributed by atoms with Crippen LogP contribution in [0.3, 0.4) is 0 Å². The molecule has 0 unspecified atom stereocenters. The maximum atomic E-state index is 14.0. The molecule has 1 N–H and O–H groups in total. The molecule has 0 heterocycles. The van der Waals surface area contributed by atoms with Crippen molar-refractivity contribution in [3.63, 3.8) is 0 Å². The molecule has 3 rings (SSSR count). The Hall–Kier alpha value is -4.16. The summed E-state index contributed by atoms with van der Waals surface area (Å²) < 4.78 is 54.7. The van der Waals surface area contributed by atoms with Crippen LogP contribution in [0.1, 0.15) is 10.4 Å². The van der Waals surface area contributed by atoms with Gasteiger partial charge in [0.15, 0.2) is 11.5 Å². The van der Waals surface area contributed by atoms with E-state index in [0.717, 1.165) is 4.31 Å². The predicted octanol–water partition coefficient (Wildman–Crippen LogP) is 4.00. The van der Waals surface area contributed by atoms with Crippen molar-refractivity contribution in [1.82, 2.24) is 0 Å². The lowest BCUT2D eigenvalue weighted by molar-refractivity contribution is -0.114. The molecule has 0 atom stereocenters. The van der Waals surface area contributed by atoms with E-state index in [1.165, 1.54) is 84.1 Å². The Labute approximate surface area is 231 Å². The van der Waals surface area contributed by atoms with Gasteiger partial charge in [0.25, 0.3) is 10.0 Å². The van der Waals surface area contributed by atoms with Gasteiger partial charge in [0.1, 0.15) is 18.0 Å². The second-order valence-electron chi connectivity index (χ2n) is 7.80. The zero-order valence-electron chi connectivity index (χ0n) is 21.8. The Morgan fingerprint density at radius 2 is 1.49 bits per heavy atom. The summed E-state index contributed by atoms with van der Waals surface area (Å²) in [5.41, 5.74) is 0.278. The Morgan fingerprint density at radius 1 is 0.821 bits per heavy atom. The van der Waals surface area contributed by atoms with E-state index in [4.69, 9.17) is 35.3 Å². The van der Waals surface area contributed by atoms with Gasteiger partial charge in [-0.2, -0.15) is 0 Å². The molecule has 208 valence electrons. The lowest BCUT2D eigenvalue weighted by atomic mass is 10.2. The second-order valence-corrected chi connectivity index (χ2v) is 10.1. The number of methoxy groups -OCH3 is 5. The number of carbonyl (C=O) groups excluding carboxylic acids is 2. The van der Waals surface area contributed by atoms with E-state index in [1.54, 1.807) is 6.07 Å². The summed E-state index contributed by atoms with van der Waals surface area (Å²) in [5.74, 6) is -0.413. The van der Waals surface area contributed by atoms with E-state index >= 15 is 0 Å². The van der Waals surface area contributed by atoms with Gasteiger partial charge in [0, 0.05) is 17.8 Å². The number of sulfonamides is 1. The zero-order chi connectivity index (χ0) is 28.7. The van der Waals surface area contributed by atoms with Gasteiger partial charge in [0.2, 0.25) is 5.91 Å². The molecule has 3 aromatic rings. The van der Waals surface area contributed by atoms with Crippen LogP contribution in [0.5, 0.6) is 23.0 Å². The first-order chi connectivity index (χ1) is 18.6. The Bertz CT molecular complexity index is 1480. The van der Waals surface area contributed by atoms with Gasteiger partial charge in [-0.3, -0.25) is 9.10 Å². The number of hydrogen-bond donors (Lipinski definition) is 1. The van der Waals surface area contributed by atoms with Crippen LogP contribution in [-0.4, -0.2) is 62.4 Å². The molecule has 0 bridgehead atoms. The Morgan fingerprint density at radius 3 is 2.10 bits per heavy atom. The highest BCUT2D eigenvalue weighted by molar-refractivity contribution is 7.92. The minimum absolute atomic E-state index is 0.0289. The van der Waals surface area contributed by atoms with E-state index < -0.39 is 28.4 Å². The number of amides is 1. The van der Waals surface area contributed by atoms with Gasteiger partial charge in [0.05, 0.1) is 56.7 Å². The third-order valence-corrected chi connectivity index (χ3v) is 7.63. The molecule has 0 saturated carbocycles. The molecule has 0 radical (unpaired) electrons. The van der Waals surface area contributed by atoms with E-state index in [-0.39, 0.29) is 38.4 Å². The summed E-state index contributed by atoms with van der Waals surface area (Å²) in [5, 5.41) is 2.71. The van der Waals surface area contributed by atoms with Crippen molar-refractivity contribution in [1.29, 1.82) is 0 Å². The monoisotopic (exact) mass is 578 g/mol. The maximum Gasteiger partial charge on any atom is 0.339 e. The number of carbonyl (C=O) groups is 2. The molecule has 11 nitrogen and oxygen atoms in total. The van der Waals surface area contributed by atoms with E-state index in [0.29, 0.717) is 11.5 Å². The van der Waals surface area contributed by atoms with Crippen LogP contribution in [0.2, 0.25) is 5.02 Å². The SMILES string of the molecule is COC(=O)c1cc(NC(=O)CN(c2cc(OC)ccc2OC)S(=O)(=O)c2ccc(OC)c(OC)c2)ccc1Cl. The smallest absolute Gasteiger partial charge is 0.339 e.